The van der Waals surface area contributed by atoms with Crippen LogP contribution in [0.15, 0.2) is 48.9 Å². The summed E-state index contributed by atoms with van der Waals surface area (Å²) in [7, 11) is 0. The quantitative estimate of drug-likeness (QED) is 0.732. The summed E-state index contributed by atoms with van der Waals surface area (Å²) in [5.41, 5.74) is 0.855. The minimum atomic E-state index is -2.62. The highest BCUT2D eigenvalue weighted by Crippen LogP contribution is 2.19. The highest BCUT2D eigenvalue weighted by molar-refractivity contribution is 5.79. The third-order valence-electron chi connectivity index (χ3n) is 2.89. The number of fused-ring (bicyclic) bond motifs is 1. The lowest BCUT2D eigenvalue weighted by Gasteiger charge is -2.08. The first kappa shape index (κ1) is 12.5. The van der Waals surface area contributed by atoms with Gasteiger partial charge in [0.1, 0.15) is 12.4 Å². The topological polar surface area (TPSA) is 39.9 Å². The fourth-order valence-corrected chi connectivity index (χ4v) is 1.91. The highest BCUT2D eigenvalue weighted by Gasteiger charge is 2.11. The number of halogens is 2. The fraction of sp³-hybridized carbons (Fsp3) is 0.143. The number of aromatic nitrogens is 3. The molecule has 0 spiro atoms. The van der Waals surface area contributed by atoms with Gasteiger partial charge in [0.15, 0.2) is 5.82 Å². The molecule has 20 heavy (non-hydrogen) atoms. The van der Waals surface area contributed by atoms with Crippen LogP contribution in [0.3, 0.4) is 0 Å². The lowest BCUT2D eigenvalue weighted by molar-refractivity contribution is 0.0632. The van der Waals surface area contributed by atoms with Crippen LogP contribution in [0.5, 0.6) is 5.75 Å². The van der Waals surface area contributed by atoms with Gasteiger partial charge >= 0.3 is 6.55 Å². The summed E-state index contributed by atoms with van der Waals surface area (Å²) < 4.78 is 31.5. The van der Waals surface area contributed by atoms with Crippen molar-refractivity contribution in [3.05, 3.63) is 54.7 Å². The second-order valence-corrected chi connectivity index (χ2v) is 4.18. The third kappa shape index (κ3) is 2.45. The summed E-state index contributed by atoms with van der Waals surface area (Å²) in [6.45, 7) is -2.65. The zero-order valence-corrected chi connectivity index (χ0v) is 10.4. The minimum absolute atomic E-state index is 0.0304. The van der Waals surface area contributed by atoms with E-state index in [4.69, 9.17) is 4.74 Å². The average Bonchev–Trinajstić information content (AvgIpc) is 2.93. The van der Waals surface area contributed by atoms with E-state index >= 15 is 0 Å². The van der Waals surface area contributed by atoms with Crippen molar-refractivity contribution in [3.63, 3.8) is 0 Å². The van der Waals surface area contributed by atoms with Crippen molar-refractivity contribution < 1.29 is 13.5 Å². The van der Waals surface area contributed by atoms with Gasteiger partial charge in [-0.1, -0.05) is 18.2 Å². The van der Waals surface area contributed by atoms with Crippen molar-refractivity contribution in [1.29, 1.82) is 0 Å². The van der Waals surface area contributed by atoms with Crippen LogP contribution in [0.25, 0.3) is 10.9 Å². The molecule has 1 aromatic carbocycles. The van der Waals surface area contributed by atoms with Gasteiger partial charge in [-0.25, -0.2) is 4.98 Å². The lowest BCUT2D eigenvalue weighted by atomic mass is 10.2. The van der Waals surface area contributed by atoms with Crippen LogP contribution >= 0.6 is 0 Å². The standard InChI is InChI=1S/C14H11F2N3O/c15-14(16)19-6-5-17-13(19)9-20-11-7-10-3-1-2-4-12(10)18-8-11/h1-8,14H,9H2. The molecule has 102 valence electrons. The number of benzene rings is 1. The molecule has 0 bridgehead atoms. The number of alkyl halides is 2. The van der Waals surface area contributed by atoms with Gasteiger partial charge in [0.25, 0.3) is 0 Å². The highest BCUT2D eigenvalue weighted by atomic mass is 19.3. The molecular formula is C14H11F2N3O. The largest absolute Gasteiger partial charge is 0.484 e. The van der Waals surface area contributed by atoms with Crippen LogP contribution in [0.1, 0.15) is 12.4 Å². The van der Waals surface area contributed by atoms with E-state index in [0.717, 1.165) is 15.5 Å². The molecule has 0 atom stereocenters. The van der Waals surface area contributed by atoms with Crippen molar-refractivity contribution in [2.24, 2.45) is 0 Å². The number of pyridine rings is 1. The van der Waals surface area contributed by atoms with Gasteiger partial charge in [0.05, 0.1) is 11.7 Å². The summed E-state index contributed by atoms with van der Waals surface area (Å²) >= 11 is 0. The fourth-order valence-electron chi connectivity index (χ4n) is 1.91. The summed E-state index contributed by atoms with van der Waals surface area (Å²) in [4.78, 5) is 8.09. The Hall–Kier alpha value is -2.50. The van der Waals surface area contributed by atoms with E-state index in [2.05, 4.69) is 9.97 Å². The van der Waals surface area contributed by atoms with Gasteiger partial charge in [-0.3, -0.25) is 9.55 Å². The summed E-state index contributed by atoms with van der Waals surface area (Å²) in [5, 5.41) is 0.933. The van der Waals surface area contributed by atoms with E-state index in [9.17, 15) is 8.78 Å². The van der Waals surface area contributed by atoms with Gasteiger partial charge in [0.2, 0.25) is 0 Å². The van der Waals surface area contributed by atoms with Crippen molar-refractivity contribution in [2.45, 2.75) is 13.2 Å². The van der Waals surface area contributed by atoms with Gasteiger partial charge in [-0.05, 0) is 12.1 Å². The van der Waals surface area contributed by atoms with Crippen molar-refractivity contribution in [3.8, 4) is 5.75 Å². The molecule has 0 radical (unpaired) electrons. The van der Waals surface area contributed by atoms with Crippen LogP contribution in [-0.2, 0) is 6.61 Å². The number of hydrogen-bond donors (Lipinski definition) is 0. The molecule has 0 fully saturated rings. The maximum Gasteiger partial charge on any atom is 0.320 e. The SMILES string of the molecule is FC(F)n1ccnc1COc1cnc2ccccc2c1. The molecule has 0 amide bonds. The number of para-hydroxylation sites is 1. The molecule has 0 saturated heterocycles. The molecule has 4 nitrogen and oxygen atoms in total. The average molecular weight is 275 g/mol. The molecule has 2 heterocycles. The summed E-state index contributed by atoms with van der Waals surface area (Å²) in [6, 6.07) is 9.42. The Morgan fingerprint density at radius 3 is 2.90 bits per heavy atom. The van der Waals surface area contributed by atoms with E-state index in [1.165, 1.54) is 12.4 Å². The number of imidazole rings is 1. The number of ether oxygens (including phenoxy) is 1. The normalized spacial score (nSPS) is 11.2. The molecule has 0 aliphatic rings. The molecule has 0 N–H and O–H groups in total. The zero-order chi connectivity index (χ0) is 13.9. The second kappa shape index (κ2) is 5.24. The van der Waals surface area contributed by atoms with Crippen molar-refractivity contribution in [1.82, 2.24) is 14.5 Å². The molecule has 0 saturated carbocycles. The second-order valence-electron chi connectivity index (χ2n) is 4.18. The van der Waals surface area contributed by atoms with E-state index in [1.54, 1.807) is 6.20 Å². The Morgan fingerprint density at radius 2 is 2.05 bits per heavy atom. The number of rotatable bonds is 4. The van der Waals surface area contributed by atoms with Crippen molar-refractivity contribution >= 4 is 10.9 Å². The zero-order valence-electron chi connectivity index (χ0n) is 10.4. The van der Waals surface area contributed by atoms with Gasteiger partial charge in [-0.2, -0.15) is 8.78 Å². The first-order valence-electron chi connectivity index (χ1n) is 6.01. The van der Waals surface area contributed by atoms with Crippen LogP contribution < -0.4 is 4.74 Å². The molecular weight excluding hydrogens is 264 g/mol. The van der Waals surface area contributed by atoms with Crippen LogP contribution in [0.2, 0.25) is 0 Å². The first-order valence-corrected chi connectivity index (χ1v) is 6.01. The van der Waals surface area contributed by atoms with Gasteiger partial charge in [0, 0.05) is 17.8 Å². The molecule has 0 aliphatic heterocycles. The van der Waals surface area contributed by atoms with E-state index in [0.29, 0.717) is 5.75 Å². The number of nitrogens with zero attached hydrogens (tertiary/aromatic N) is 3. The molecule has 0 aliphatic carbocycles. The molecule has 2 aromatic heterocycles. The lowest BCUT2D eigenvalue weighted by Crippen LogP contribution is -2.07. The van der Waals surface area contributed by atoms with Crippen LogP contribution in [-0.4, -0.2) is 14.5 Å². The Balaban J connectivity index is 1.78. The van der Waals surface area contributed by atoms with E-state index in [1.807, 2.05) is 30.3 Å². The van der Waals surface area contributed by atoms with E-state index in [-0.39, 0.29) is 12.4 Å². The predicted octanol–water partition coefficient (Wildman–Crippen LogP) is 3.41. The first-order chi connectivity index (χ1) is 9.74. The van der Waals surface area contributed by atoms with Gasteiger partial charge < -0.3 is 4.74 Å². The van der Waals surface area contributed by atoms with Crippen LogP contribution in [0, 0.1) is 0 Å². The van der Waals surface area contributed by atoms with Crippen molar-refractivity contribution in [2.75, 3.05) is 0 Å². The Kier molecular flexibility index (Phi) is 3.28. The molecule has 3 rings (SSSR count). The Bertz CT molecular complexity index is 727. The Morgan fingerprint density at radius 1 is 1.20 bits per heavy atom. The molecule has 0 unspecified atom stereocenters. The molecule has 3 aromatic rings. The third-order valence-corrected chi connectivity index (χ3v) is 2.89. The van der Waals surface area contributed by atoms with Gasteiger partial charge in [-0.15, -0.1) is 0 Å². The Labute approximate surface area is 113 Å². The maximum absolute atomic E-state index is 12.7. The van der Waals surface area contributed by atoms with Crippen LogP contribution in [0.4, 0.5) is 8.78 Å². The predicted molar refractivity (Wildman–Crippen MR) is 69.6 cm³/mol. The minimum Gasteiger partial charge on any atom is -0.484 e. The summed E-state index contributed by atoms with van der Waals surface area (Å²) in [5.74, 6) is 0.695. The number of hydrogen-bond acceptors (Lipinski definition) is 3. The molecule has 6 heteroatoms. The summed E-state index contributed by atoms with van der Waals surface area (Å²) in [6.07, 6.45) is 4.11. The monoisotopic (exact) mass is 275 g/mol. The van der Waals surface area contributed by atoms with E-state index < -0.39 is 6.55 Å². The maximum atomic E-state index is 12.7. The smallest absolute Gasteiger partial charge is 0.320 e.